The number of aryl methyl sites for hydroxylation is 2. The maximum absolute atomic E-state index is 12.5. The fraction of sp³-hybridized carbons (Fsp3) is 0.259. The van der Waals surface area contributed by atoms with Gasteiger partial charge in [0.1, 0.15) is 17.7 Å². The number of hydrogen-bond acceptors (Lipinski definition) is 4. The molecule has 4 rings (SSSR count). The summed E-state index contributed by atoms with van der Waals surface area (Å²) in [6, 6.07) is 23.6. The van der Waals surface area contributed by atoms with Crippen molar-refractivity contribution in [2.45, 2.75) is 25.8 Å². The van der Waals surface area contributed by atoms with Crippen LogP contribution in [0.1, 0.15) is 38.0 Å². The summed E-state index contributed by atoms with van der Waals surface area (Å²) in [5.41, 5.74) is 4.94. The summed E-state index contributed by atoms with van der Waals surface area (Å²) >= 11 is 1.62. The molecule has 0 unspecified atom stereocenters. The third kappa shape index (κ3) is 5.76. The second kappa shape index (κ2) is 10.6. The summed E-state index contributed by atoms with van der Waals surface area (Å²) in [5, 5.41) is 2.87. The lowest BCUT2D eigenvalue weighted by Gasteiger charge is -2.24. The van der Waals surface area contributed by atoms with E-state index < -0.39 is 0 Å². The molecule has 1 saturated heterocycles. The average Bonchev–Trinajstić information content (AvgIpc) is 3.19. The van der Waals surface area contributed by atoms with Gasteiger partial charge >= 0.3 is 0 Å². The van der Waals surface area contributed by atoms with Crippen LogP contribution >= 0.6 is 11.8 Å². The van der Waals surface area contributed by atoms with Crippen LogP contribution in [0, 0.1) is 13.8 Å². The predicted octanol–water partition coefficient (Wildman–Crippen LogP) is 4.89. The largest absolute Gasteiger partial charge is 0.491 e. The number of nitrogens with zero attached hydrogens (tertiary/aromatic N) is 1. The lowest BCUT2D eigenvalue weighted by atomic mass is 10.1. The Morgan fingerprint density at radius 3 is 2.58 bits per heavy atom. The fourth-order valence-electron chi connectivity index (χ4n) is 3.77. The minimum atomic E-state index is -0.137. The van der Waals surface area contributed by atoms with Crippen molar-refractivity contribution in [3.05, 3.63) is 101 Å². The van der Waals surface area contributed by atoms with Crippen LogP contribution in [-0.2, 0) is 11.3 Å². The molecule has 0 spiro atoms. The fourth-order valence-corrected chi connectivity index (χ4v) is 4.96. The van der Waals surface area contributed by atoms with Crippen molar-refractivity contribution in [1.29, 1.82) is 0 Å². The highest BCUT2D eigenvalue weighted by Gasteiger charge is 2.32. The second-order valence-corrected chi connectivity index (χ2v) is 9.23. The van der Waals surface area contributed by atoms with Crippen LogP contribution in [0.4, 0.5) is 0 Å². The molecular weight excluding hydrogens is 432 g/mol. The van der Waals surface area contributed by atoms with Gasteiger partial charge in [-0.2, -0.15) is 0 Å². The van der Waals surface area contributed by atoms with E-state index in [0.29, 0.717) is 31.0 Å². The number of rotatable bonds is 8. The Hall–Kier alpha value is -3.25. The van der Waals surface area contributed by atoms with Gasteiger partial charge in [-0.05, 0) is 54.3 Å². The van der Waals surface area contributed by atoms with E-state index in [1.807, 2.05) is 85.5 Å². The van der Waals surface area contributed by atoms with Gasteiger partial charge < -0.3 is 15.0 Å². The summed E-state index contributed by atoms with van der Waals surface area (Å²) in [7, 11) is 0. The van der Waals surface area contributed by atoms with Crippen molar-refractivity contribution in [3.63, 3.8) is 0 Å². The van der Waals surface area contributed by atoms with Crippen molar-refractivity contribution in [3.8, 4) is 5.75 Å². The van der Waals surface area contributed by atoms with Gasteiger partial charge in [-0.25, -0.2) is 0 Å². The molecule has 0 bridgehead atoms. The van der Waals surface area contributed by atoms with E-state index in [9.17, 15) is 9.59 Å². The topological polar surface area (TPSA) is 58.6 Å². The quantitative estimate of drug-likeness (QED) is 0.487. The summed E-state index contributed by atoms with van der Waals surface area (Å²) in [4.78, 5) is 26.9. The van der Waals surface area contributed by atoms with Gasteiger partial charge in [-0.15, -0.1) is 11.8 Å². The summed E-state index contributed by atoms with van der Waals surface area (Å²) < 4.78 is 5.81. The lowest BCUT2D eigenvalue weighted by Crippen LogP contribution is -2.28. The monoisotopic (exact) mass is 460 g/mol. The highest BCUT2D eigenvalue weighted by molar-refractivity contribution is 8.00. The van der Waals surface area contributed by atoms with Crippen molar-refractivity contribution in [2.75, 3.05) is 18.9 Å². The zero-order chi connectivity index (χ0) is 23.2. The highest BCUT2D eigenvalue weighted by Crippen LogP contribution is 2.39. The molecule has 3 aromatic rings. The molecule has 1 N–H and O–H groups in total. The van der Waals surface area contributed by atoms with Crippen molar-refractivity contribution in [1.82, 2.24) is 10.2 Å². The zero-order valence-electron chi connectivity index (χ0n) is 18.9. The molecular formula is C27H28N2O3S. The van der Waals surface area contributed by atoms with Crippen molar-refractivity contribution in [2.24, 2.45) is 0 Å². The SMILES string of the molecule is Cc1ccc(C)c(OCCNC(=O)c2ccc([C@@H]3SCC(=O)N3Cc3ccccc3)cc2)c1. The first-order valence-electron chi connectivity index (χ1n) is 11.0. The van der Waals surface area contributed by atoms with Crippen LogP contribution in [0.3, 0.4) is 0 Å². The maximum atomic E-state index is 12.5. The molecule has 0 saturated carbocycles. The van der Waals surface area contributed by atoms with Crippen LogP contribution in [0.25, 0.3) is 0 Å². The number of benzene rings is 3. The van der Waals surface area contributed by atoms with E-state index in [2.05, 4.69) is 11.4 Å². The van der Waals surface area contributed by atoms with Gasteiger partial charge in [0.15, 0.2) is 0 Å². The molecule has 0 radical (unpaired) electrons. The molecule has 170 valence electrons. The lowest BCUT2D eigenvalue weighted by molar-refractivity contribution is -0.128. The number of carbonyl (C=O) groups excluding carboxylic acids is 2. The molecule has 1 aliphatic rings. The summed E-state index contributed by atoms with van der Waals surface area (Å²) in [6.45, 7) is 5.44. The molecule has 1 atom stereocenters. The van der Waals surface area contributed by atoms with Gasteiger partial charge in [-0.3, -0.25) is 9.59 Å². The van der Waals surface area contributed by atoms with Crippen LogP contribution in [0.5, 0.6) is 5.75 Å². The number of ether oxygens (including phenoxy) is 1. The predicted molar refractivity (Wildman–Crippen MR) is 132 cm³/mol. The molecule has 0 aliphatic carbocycles. The van der Waals surface area contributed by atoms with E-state index in [1.54, 1.807) is 11.8 Å². The van der Waals surface area contributed by atoms with Crippen LogP contribution in [0.15, 0.2) is 72.8 Å². The number of nitrogens with one attached hydrogen (secondary N) is 1. The molecule has 2 amide bonds. The van der Waals surface area contributed by atoms with Gasteiger partial charge in [0, 0.05) is 12.1 Å². The number of carbonyl (C=O) groups is 2. The van der Waals surface area contributed by atoms with E-state index in [-0.39, 0.29) is 17.2 Å². The van der Waals surface area contributed by atoms with Crippen LogP contribution in [0.2, 0.25) is 0 Å². The van der Waals surface area contributed by atoms with E-state index in [0.717, 1.165) is 28.0 Å². The first-order valence-corrected chi connectivity index (χ1v) is 12.1. The van der Waals surface area contributed by atoms with Gasteiger partial charge in [0.25, 0.3) is 5.91 Å². The Kier molecular flexibility index (Phi) is 7.35. The highest BCUT2D eigenvalue weighted by atomic mass is 32.2. The summed E-state index contributed by atoms with van der Waals surface area (Å²) in [5.74, 6) is 1.32. The Bertz CT molecular complexity index is 1120. The van der Waals surface area contributed by atoms with Gasteiger partial charge in [0.2, 0.25) is 5.91 Å². The normalized spacial score (nSPS) is 15.5. The van der Waals surface area contributed by atoms with E-state index in [1.165, 1.54) is 0 Å². The first-order chi connectivity index (χ1) is 16.0. The standard InChI is InChI=1S/C27H28N2O3S/c1-19-8-9-20(2)24(16-19)32-15-14-28-26(31)22-10-12-23(13-11-22)27-29(25(30)18-33-27)17-21-6-4-3-5-7-21/h3-13,16,27H,14-15,17-18H2,1-2H3,(H,28,31)/t27-/m0/s1. The Balaban J connectivity index is 1.32. The molecule has 1 fully saturated rings. The van der Waals surface area contributed by atoms with Crippen molar-refractivity contribution >= 4 is 23.6 Å². The Morgan fingerprint density at radius 2 is 1.82 bits per heavy atom. The van der Waals surface area contributed by atoms with E-state index in [4.69, 9.17) is 4.74 Å². The number of thioether (sulfide) groups is 1. The molecule has 5 nitrogen and oxygen atoms in total. The zero-order valence-corrected chi connectivity index (χ0v) is 19.7. The second-order valence-electron chi connectivity index (χ2n) is 8.17. The minimum Gasteiger partial charge on any atom is -0.491 e. The molecule has 6 heteroatoms. The van der Waals surface area contributed by atoms with E-state index >= 15 is 0 Å². The molecule has 33 heavy (non-hydrogen) atoms. The Labute approximate surface area is 199 Å². The first kappa shape index (κ1) is 22.9. The van der Waals surface area contributed by atoms with Gasteiger partial charge in [0.05, 0.1) is 12.3 Å². The maximum Gasteiger partial charge on any atom is 0.251 e. The average molecular weight is 461 g/mol. The minimum absolute atomic E-state index is 0.0409. The summed E-state index contributed by atoms with van der Waals surface area (Å²) in [6.07, 6.45) is 0. The van der Waals surface area contributed by atoms with Crippen molar-refractivity contribution < 1.29 is 14.3 Å². The number of amides is 2. The molecule has 1 heterocycles. The smallest absolute Gasteiger partial charge is 0.251 e. The van der Waals surface area contributed by atoms with Crippen LogP contribution < -0.4 is 10.1 Å². The molecule has 0 aromatic heterocycles. The number of hydrogen-bond donors (Lipinski definition) is 1. The van der Waals surface area contributed by atoms with Gasteiger partial charge in [-0.1, -0.05) is 54.6 Å². The molecule has 1 aliphatic heterocycles. The third-order valence-electron chi connectivity index (χ3n) is 5.61. The third-order valence-corrected chi connectivity index (χ3v) is 6.87. The van der Waals surface area contributed by atoms with Crippen LogP contribution in [-0.4, -0.2) is 35.6 Å². The Morgan fingerprint density at radius 1 is 1.06 bits per heavy atom. The molecule has 3 aromatic carbocycles.